The first-order valence-electron chi connectivity index (χ1n) is 7.15. The highest BCUT2D eigenvalue weighted by Crippen LogP contribution is 2.12. The van der Waals surface area contributed by atoms with Gasteiger partial charge in [-0.1, -0.05) is 6.92 Å². The van der Waals surface area contributed by atoms with Crippen molar-refractivity contribution in [3.8, 4) is 5.88 Å². The van der Waals surface area contributed by atoms with Crippen molar-refractivity contribution in [1.29, 1.82) is 0 Å². The minimum Gasteiger partial charge on any atom is -0.475 e. The van der Waals surface area contributed by atoms with E-state index in [0.29, 0.717) is 25.6 Å². The number of nitrogens with one attached hydrogen (secondary N) is 1. The molecule has 0 aliphatic rings. The van der Waals surface area contributed by atoms with Crippen LogP contribution in [0.25, 0.3) is 0 Å². The summed E-state index contributed by atoms with van der Waals surface area (Å²) in [7, 11) is 1.65. The lowest BCUT2D eigenvalue weighted by Gasteiger charge is -2.09. The Labute approximate surface area is 125 Å². The minimum absolute atomic E-state index is 0.505. The van der Waals surface area contributed by atoms with E-state index in [1.165, 1.54) is 0 Å². The number of aromatic nitrogens is 3. The zero-order chi connectivity index (χ0) is 14.9. The lowest BCUT2D eigenvalue weighted by Crippen LogP contribution is -2.09. The van der Waals surface area contributed by atoms with Crippen molar-refractivity contribution < 1.29 is 9.47 Å². The molecule has 0 fully saturated rings. The van der Waals surface area contributed by atoms with Crippen molar-refractivity contribution in [2.75, 3.05) is 25.6 Å². The third kappa shape index (κ3) is 4.75. The first-order chi connectivity index (χ1) is 10.3. The molecule has 1 N–H and O–H groups in total. The molecule has 0 unspecified atom stereocenters. The molecule has 0 aromatic carbocycles. The summed E-state index contributed by atoms with van der Waals surface area (Å²) < 4.78 is 12.5. The van der Waals surface area contributed by atoms with Gasteiger partial charge in [0.15, 0.2) is 0 Å². The molecule has 0 aliphatic heterocycles. The van der Waals surface area contributed by atoms with Crippen LogP contribution in [0.3, 0.4) is 0 Å². The first kappa shape index (κ1) is 15.3. The molecular formula is C15H22N4O2. The van der Waals surface area contributed by atoms with Crippen LogP contribution in [0.4, 0.5) is 5.69 Å². The number of nitrogens with zero attached hydrogens (tertiary/aromatic N) is 3. The molecule has 0 saturated heterocycles. The predicted molar refractivity (Wildman–Crippen MR) is 81.5 cm³/mol. The Morgan fingerprint density at radius 3 is 2.86 bits per heavy atom. The second-order valence-electron chi connectivity index (χ2n) is 4.62. The van der Waals surface area contributed by atoms with Gasteiger partial charge in [-0.05, 0) is 12.5 Å². The fourth-order valence-corrected chi connectivity index (χ4v) is 1.93. The fourth-order valence-electron chi connectivity index (χ4n) is 1.93. The summed E-state index contributed by atoms with van der Waals surface area (Å²) in [5.41, 5.74) is 0.945. The molecular weight excluding hydrogens is 268 g/mol. The Balaban J connectivity index is 1.84. The lowest BCUT2D eigenvalue weighted by molar-refractivity contribution is 0.144. The number of anilines is 1. The van der Waals surface area contributed by atoms with Crippen LogP contribution in [0.2, 0.25) is 0 Å². The Kier molecular flexibility index (Phi) is 6.02. The van der Waals surface area contributed by atoms with Crippen LogP contribution >= 0.6 is 0 Å². The SMILES string of the molecule is CCCn1ccnc1CNc1ccc(OCCOC)nc1. The zero-order valence-electron chi connectivity index (χ0n) is 12.6. The van der Waals surface area contributed by atoms with Crippen molar-refractivity contribution in [2.24, 2.45) is 0 Å². The fraction of sp³-hybridized carbons (Fsp3) is 0.467. The molecule has 21 heavy (non-hydrogen) atoms. The van der Waals surface area contributed by atoms with E-state index in [-0.39, 0.29) is 0 Å². The lowest BCUT2D eigenvalue weighted by atomic mass is 10.4. The van der Waals surface area contributed by atoms with Gasteiger partial charge in [0.05, 0.1) is 25.0 Å². The highest BCUT2D eigenvalue weighted by Gasteiger charge is 2.02. The number of aryl methyl sites for hydroxylation is 1. The topological polar surface area (TPSA) is 61.2 Å². The predicted octanol–water partition coefficient (Wildman–Crippen LogP) is 2.33. The van der Waals surface area contributed by atoms with Crippen LogP contribution < -0.4 is 10.1 Å². The number of methoxy groups -OCH3 is 1. The van der Waals surface area contributed by atoms with Crippen LogP contribution in [-0.2, 0) is 17.8 Å². The third-order valence-electron chi connectivity index (χ3n) is 2.99. The summed E-state index contributed by atoms with van der Waals surface area (Å²) in [6.07, 6.45) is 6.69. The van der Waals surface area contributed by atoms with Crippen molar-refractivity contribution in [3.05, 3.63) is 36.5 Å². The number of imidazole rings is 1. The van der Waals surface area contributed by atoms with Crippen LogP contribution in [0.1, 0.15) is 19.2 Å². The van der Waals surface area contributed by atoms with Crippen molar-refractivity contribution in [1.82, 2.24) is 14.5 Å². The summed E-state index contributed by atoms with van der Waals surface area (Å²) in [5.74, 6) is 1.63. The Morgan fingerprint density at radius 1 is 1.24 bits per heavy atom. The van der Waals surface area contributed by atoms with Gasteiger partial charge in [0.1, 0.15) is 12.4 Å². The van der Waals surface area contributed by atoms with Gasteiger partial charge >= 0.3 is 0 Å². The van der Waals surface area contributed by atoms with E-state index in [0.717, 1.165) is 24.5 Å². The summed E-state index contributed by atoms with van der Waals surface area (Å²) in [5, 5.41) is 3.31. The van der Waals surface area contributed by atoms with E-state index in [1.54, 1.807) is 13.3 Å². The molecule has 0 amide bonds. The molecule has 0 bridgehead atoms. The quantitative estimate of drug-likeness (QED) is 0.718. The maximum atomic E-state index is 5.42. The van der Waals surface area contributed by atoms with Gasteiger partial charge in [-0.2, -0.15) is 0 Å². The molecule has 2 aromatic heterocycles. The summed E-state index contributed by atoms with van der Waals surface area (Å²) in [6, 6.07) is 3.79. The molecule has 114 valence electrons. The van der Waals surface area contributed by atoms with E-state index >= 15 is 0 Å². The van der Waals surface area contributed by atoms with E-state index in [4.69, 9.17) is 9.47 Å². The number of pyridine rings is 1. The monoisotopic (exact) mass is 290 g/mol. The first-order valence-corrected chi connectivity index (χ1v) is 7.15. The number of hydrogen-bond donors (Lipinski definition) is 1. The van der Waals surface area contributed by atoms with Gasteiger partial charge in [-0.15, -0.1) is 0 Å². The molecule has 0 atom stereocenters. The molecule has 6 heteroatoms. The van der Waals surface area contributed by atoms with E-state index < -0.39 is 0 Å². The molecule has 0 radical (unpaired) electrons. The van der Waals surface area contributed by atoms with Crippen molar-refractivity contribution >= 4 is 5.69 Å². The van der Waals surface area contributed by atoms with Gasteiger partial charge < -0.3 is 19.4 Å². The second-order valence-corrected chi connectivity index (χ2v) is 4.62. The number of ether oxygens (including phenoxy) is 2. The minimum atomic E-state index is 0.505. The largest absolute Gasteiger partial charge is 0.475 e. The highest BCUT2D eigenvalue weighted by atomic mass is 16.5. The summed E-state index contributed by atoms with van der Waals surface area (Å²) in [4.78, 5) is 8.60. The smallest absolute Gasteiger partial charge is 0.213 e. The van der Waals surface area contributed by atoms with Gasteiger partial charge in [0.2, 0.25) is 5.88 Å². The Hall–Kier alpha value is -2.08. The maximum Gasteiger partial charge on any atom is 0.213 e. The Morgan fingerprint density at radius 2 is 2.14 bits per heavy atom. The number of rotatable bonds is 9. The van der Waals surface area contributed by atoms with Gasteiger partial charge in [0, 0.05) is 32.1 Å². The molecule has 2 heterocycles. The van der Waals surface area contributed by atoms with E-state index in [9.17, 15) is 0 Å². The van der Waals surface area contributed by atoms with Gasteiger partial charge in [-0.3, -0.25) is 0 Å². The van der Waals surface area contributed by atoms with Crippen LogP contribution in [0, 0.1) is 0 Å². The van der Waals surface area contributed by atoms with Gasteiger partial charge in [-0.25, -0.2) is 9.97 Å². The van der Waals surface area contributed by atoms with E-state index in [1.807, 2.05) is 24.5 Å². The standard InChI is InChI=1S/C15H22N4O2/c1-3-7-19-8-6-16-14(19)12-17-13-4-5-15(18-11-13)21-10-9-20-2/h4-6,8,11,17H,3,7,9-10,12H2,1-2H3. The summed E-state index contributed by atoms with van der Waals surface area (Å²) in [6.45, 7) is 4.88. The molecule has 0 spiro atoms. The van der Waals surface area contributed by atoms with Crippen LogP contribution in [0.15, 0.2) is 30.7 Å². The molecule has 0 aliphatic carbocycles. The molecule has 2 aromatic rings. The average Bonchev–Trinajstić information content (AvgIpc) is 2.94. The van der Waals surface area contributed by atoms with E-state index in [2.05, 4.69) is 26.8 Å². The number of hydrogen-bond acceptors (Lipinski definition) is 5. The molecule has 2 rings (SSSR count). The zero-order valence-corrected chi connectivity index (χ0v) is 12.6. The average molecular weight is 290 g/mol. The normalized spacial score (nSPS) is 10.6. The van der Waals surface area contributed by atoms with Gasteiger partial charge in [0.25, 0.3) is 0 Å². The Bertz CT molecular complexity index is 525. The van der Waals surface area contributed by atoms with Crippen molar-refractivity contribution in [2.45, 2.75) is 26.4 Å². The third-order valence-corrected chi connectivity index (χ3v) is 2.99. The maximum absolute atomic E-state index is 5.42. The van der Waals surface area contributed by atoms with Crippen LogP contribution in [-0.4, -0.2) is 34.9 Å². The highest BCUT2D eigenvalue weighted by molar-refractivity contribution is 5.42. The summed E-state index contributed by atoms with van der Waals surface area (Å²) >= 11 is 0. The van der Waals surface area contributed by atoms with Crippen LogP contribution in [0.5, 0.6) is 5.88 Å². The second kappa shape index (κ2) is 8.26. The van der Waals surface area contributed by atoms with Crippen molar-refractivity contribution in [3.63, 3.8) is 0 Å². The molecule has 0 saturated carbocycles. The molecule has 6 nitrogen and oxygen atoms in total.